The van der Waals surface area contributed by atoms with Gasteiger partial charge in [0.05, 0.1) is 17.6 Å². The Morgan fingerprint density at radius 2 is 2.20 bits per heavy atom. The molecule has 1 aliphatic rings. The quantitative estimate of drug-likeness (QED) is 0.797. The van der Waals surface area contributed by atoms with E-state index in [2.05, 4.69) is 17.2 Å². The van der Waals surface area contributed by atoms with Crippen molar-refractivity contribution < 1.29 is 0 Å². The lowest BCUT2D eigenvalue weighted by Crippen LogP contribution is -2.24. The number of pyridine rings is 1. The Bertz CT molecular complexity index is 318. The molecule has 1 fully saturated rings. The lowest BCUT2D eigenvalue weighted by molar-refractivity contribution is 0.482. The van der Waals surface area contributed by atoms with Gasteiger partial charge >= 0.3 is 0 Å². The number of nitrogen functional groups attached to an aromatic ring is 1. The highest BCUT2D eigenvalue weighted by atomic mass is 14.9. The van der Waals surface area contributed by atoms with Crippen molar-refractivity contribution in [2.75, 3.05) is 11.1 Å². The Morgan fingerprint density at radius 3 is 2.87 bits per heavy atom. The Labute approximate surface area is 91.1 Å². The molecular weight excluding hydrogens is 186 g/mol. The van der Waals surface area contributed by atoms with E-state index in [0.717, 1.165) is 17.3 Å². The van der Waals surface area contributed by atoms with Gasteiger partial charge in [-0.05, 0) is 31.7 Å². The minimum Gasteiger partial charge on any atom is -0.396 e. The molecule has 0 amide bonds. The van der Waals surface area contributed by atoms with Gasteiger partial charge in [0, 0.05) is 12.2 Å². The molecule has 1 atom stereocenters. The number of hydrogen-bond donors (Lipinski definition) is 2. The average molecular weight is 205 g/mol. The maximum absolute atomic E-state index is 5.84. The Kier molecular flexibility index (Phi) is 3.09. The molecule has 1 unspecified atom stereocenters. The predicted molar refractivity (Wildman–Crippen MR) is 63.7 cm³/mol. The third-order valence-electron chi connectivity index (χ3n) is 3.34. The average Bonchev–Trinajstić information content (AvgIpc) is 2.74. The molecular formula is C12H19N3. The highest BCUT2D eigenvalue weighted by Gasteiger charge is 2.21. The van der Waals surface area contributed by atoms with E-state index in [-0.39, 0.29) is 0 Å². The molecule has 0 spiro atoms. The first-order valence-corrected chi connectivity index (χ1v) is 5.73. The first-order chi connectivity index (χ1) is 7.27. The molecule has 0 bridgehead atoms. The van der Waals surface area contributed by atoms with Gasteiger partial charge in [-0.25, -0.2) is 0 Å². The third kappa shape index (κ3) is 2.41. The second-order valence-electron chi connectivity index (χ2n) is 4.44. The van der Waals surface area contributed by atoms with Crippen LogP contribution in [0.4, 0.5) is 11.4 Å². The first kappa shape index (κ1) is 10.3. The molecule has 1 aromatic rings. The van der Waals surface area contributed by atoms with E-state index in [0.29, 0.717) is 6.04 Å². The van der Waals surface area contributed by atoms with Crippen LogP contribution in [0.3, 0.4) is 0 Å². The summed E-state index contributed by atoms with van der Waals surface area (Å²) >= 11 is 0. The van der Waals surface area contributed by atoms with Crippen LogP contribution in [0.25, 0.3) is 0 Å². The summed E-state index contributed by atoms with van der Waals surface area (Å²) in [5.41, 5.74) is 7.60. The van der Waals surface area contributed by atoms with E-state index < -0.39 is 0 Å². The number of hydrogen-bond acceptors (Lipinski definition) is 3. The van der Waals surface area contributed by atoms with Crippen molar-refractivity contribution in [2.24, 2.45) is 5.92 Å². The molecule has 0 aliphatic heterocycles. The van der Waals surface area contributed by atoms with Crippen LogP contribution in [0.1, 0.15) is 32.6 Å². The van der Waals surface area contributed by atoms with Crippen molar-refractivity contribution in [3.05, 3.63) is 18.5 Å². The van der Waals surface area contributed by atoms with E-state index in [1.807, 2.05) is 6.07 Å². The number of anilines is 2. The van der Waals surface area contributed by atoms with Crippen LogP contribution in [0.2, 0.25) is 0 Å². The Morgan fingerprint density at radius 1 is 1.47 bits per heavy atom. The van der Waals surface area contributed by atoms with E-state index in [1.165, 1.54) is 25.7 Å². The van der Waals surface area contributed by atoms with Gasteiger partial charge in [-0.2, -0.15) is 0 Å². The second kappa shape index (κ2) is 4.51. The Balaban J connectivity index is 1.99. The van der Waals surface area contributed by atoms with Gasteiger partial charge in [0.15, 0.2) is 0 Å². The number of nitrogens with zero attached hydrogens (tertiary/aromatic N) is 1. The van der Waals surface area contributed by atoms with E-state index in [4.69, 9.17) is 5.73 Å². The molecule has 1 aromatic heterocycles. The summed E-state index contributed by atoms with van der Waals surface area (Å²) in [5.74, 6) is 0.803. The molecule has 0 aromatic carbocycles. The van der Waals surface area contributed by atoms with Crippen LogP contribution in [0.5, 0.6) is 0 Å². The highest BCUT2D eigenvalue weighted by molar-refractivity contribution is 5.64. The monoisotopic (exact) mass is 205 g/mol. The molecule has 0 saturated heterocycles. The lowest BCUT2D eigenvalue weighted by Gasteiger charge is -2.22. The molecule has 3 heteroatoms. The van der Waals surface area contributed by atoms with Crippen LogP contribution >= 0.6 is 0 Å². The maximum atomic E-state index is 5.84. The van der Waals surface area contributed by atoms with Crippen LogP contribution in [-0.2, 0) is 0 Å². The predicted octanol–water partition coefficient (Wildman–Crippen LogP) is 2.65. The fraction of sp³-hybridized carbons (Fsp3) is 0.583. The van der Waals surface area contributed by atoms with Crippen molar-refractivity contribution in [3.63, 3.8) is 0 Å². The molecule has 1 saturated carbocycles. The molecule has 0 radical (unpaired) electrons. The molecule has 3 nitrogen and oxygen atoms in total. The summed E-state index contributed by atoms with van der Waals surface area (Å²) < 4.78 is 0. The van der Waals surface area contributed by atoms with Crippen molar-refractivity contribution in [3.8, 4) is 0 Å². The van der Waals surface area contributed by atoms with Gasteiger partial charge in [-0.1, -0.05) is 12.8 Å². The molecule has 2 rings (SSSR count). The minimum atomic E-state index is 0.511. The van der Waals surface area contributed by atoms with Crippen LogP contribution in [0, 0.1) is 5.92 Å². The van der Waals surface area contributed by atoms with Crippen LogP contribution in [-0.4, -0.2) is 11.0 Å². The van der Waals surface area contributed by atoms with E-state index >= 15 is 0 Å². The van der Waals surface area contributed by atoms with Crippen LogP contribution < -0.4 is 11.1 Å². The van der Waals surface area contributed by atoms with E-state index in [9.17, 15) is 0 Å². The summed E-state index contributed by atoms with van der Waals surface area (Å²) in [7, 11) is 0. The largest absolute Gasteiger partial charge is 0.396 e. The van der Waals surface area contributed by atoms with Crippen molar-refractivity contribution >= 4 is 11.4 Å². The summed E-state index contributed by atoms with van der Waals surface area (Å²) in [6.45, 7) is 2.25. The fourth-order valence-electron chi connectivity index (χ4n) is 2.36. The van der Waals surface area contributed by atoms with E-state index in [1.54, 1.807) is 12.4 Å². The highest BCUT2D eigenvalue weighted by Crippen LogP contribution is 2.30. The summed E-state index contributed by atoms with van der Waals surface area (Å²) in [6, 6.07) is 2.46. The number of aromatic nitrogens is 1. The maximum Gasteiger partial charge on any atom is 0.0736 e. The zero-order valence-electron chi connectivity index (χ0n) is 9.24. The molecule has 1 heterocycles. The molecule has 82 valence electrons. The smallest absolute Gasteiger partial charge is 0.0736 e. The number of nitrogens with one attached hydrogen (secondary N) is 1. The van der Waals surface area contributed by atoms with Crippen molar-refractivity contribution in [2.45, 2.75) is 38.6 Å². The lowest BCUT2D eigenvalue weighted by atomic mass is 9.99. The topological polar surface area (TPSA) is 50.9 Å². The minimum absolute atomic E-state index is 0.511. The van der Waals surface area contributed by atoms with Gasteiger partial charge in [0.25, 0.3) is 0 Å². The van der Waals surface area contributed by atoms with Gasteiger partial charge < -0.3 is 11.1 Å². The van der Waals surface area contributed by atoms with Gasteiger partial charge in [0.1, 0.15) is 0 Å². The number of rotatable bonds is 3. The summed E-state index contributed by atoms with van der Waals surface area (Å²) in [4.78, 5) is 3.98. The molecule has 3 N–H and O–H groups in total. The van der Waals surface area contributed by atoms with Gasteiger partial charge in [-0.15, -0.1) is 0 Å². The SMILES string of the molecule is CC(Nc1ccncc1N)C1CCCC1. The summed E-state index contributed by atoms with van der Waals surface area (Å²) in [5, 5.41) is 3.49. The van der Waals surface area contributed by atoms with Crippen molar-refractivity contribution in [1.82, 2.24) is 4.98 Å². The zero-order valence-corrected chi connectivity index (χ0v) is 9.24. The fourth-order valence-corrected chi connectivity index (χ4v) is 2.36. The van der Waals surface area contributed by atoms with Crippen LogP contribution in [0.15, 0.2) is 18.5 Å². The zero-order chi connectivity index (χ0) is 10.7. The summed E-state index contributed by atoms with van der Waals surface area (Å²) in [6.07, 6.45) is 8.92. The third-order valence-corrected chi connectivity index (χ3v) is 3.34. The van der Waals surface area contributed by atoms with Crippen molar-refractivity contribution in [1.29, 1.82) is 0 Å². The normalized spacial score (nSPS) is 19.0. The standard InChI is InChI=1S/C12H19N3/c1-9(10-4-2-3-5-10)15-12-6-7-14-8-11(12)13/h6-10H,2-5,13H2,1H3,(H,14,15). The Hall–Kier alpha value is -1.25. The van der Waals surface area contributed by atoms with Gasteiger partial charge in [0.2, 0.25) is 0 Å². The molecule has 1 aliphatic carbocycles. The van der Waals surface area contributed by atoms with Gasteiger partial charge in [-0.3, -0.25) is 4.98 Å². The molecule has 15 heavy (non-hydrogen) atoms. The first-order valence-electron chi connectivity index (χ1n) is 5.73. The second-order valence-corrected chi connectivity index (χ2v) is 4.44. The number of nitrogens with two attached hydrogens (primary N) is 1.